The summed E-state index contributed by atoms with van der Waals surface area (Å²) in [4.78, 5) is 24.1. The van der Waals surface area contributed by atoms with Crippen molar-refractivity contribution in [2.75, 3.05) is 0 Å². The van der Waals surface area contributed by atoms with E-state index in [1.165, 1.54) is 22.7 Å². The molecule has 6 nitrogen and oxygen atoms in total. The number of fused-ring (bicyclic) bond motifs is 7. The zero-order valence-electron chi connectivity index (χ0n) is 15.3. The van der Waals surface area contributed by atoms with Crippen LogP contribution in [0.15, 0.2) is 35.1 Å². The number of aromatic nitrogens is 4. The van der Waals surface area contributed by atoms with E-state index in [0.29, 0.717) is 20.6 Å². The van der Waals surface area contributed by atoms with Crippen LogP contribution >= 0.6 is 34.3 Å². The SMILES string of the molecule is Cc1ccc(C)c2c1sc1nc3nc4sc5cc(Cl)ccc5n4c(=N)c3c(=O)n12. The van der Waals surface area contributed by atoms with Crippen LogP contribution in [0, 0.1) is 19.3 Å². The first-order chi connectivity index (χ1) is 13.9. The highest BCUT2D eigenvalue weighted by Crippen LogP contribution is 2.31. The molecular weight excluding hydrogens is 426 g/mol. The zero-order chi connectivity index (χ0) is 20.0. The molecule has 6 rings (SSSR count). The van der Waals surface area contributed by atoms with Gasteiger partial charge in [-0.1, -0.05) is 46.4 Å². The number of hydrogen-bond acceptors (Lipinski definition) is 6. The van der Waals surface area contributed by atoms with Gasteiger partial charge in [0.25, 0.3) is 5.56 Å². The smallest absolute Gasteiger partial charge is 0.272 e. The van der Waals surface area contributed by atoms with Crippen LogP contribution in [0.25, 0.3) is 41.4 Å². The van der Waals surface area contributed by atoms with Gasteiger partial charge in [-0.25, -0.2) is 4.40 Å². The Morgan fingerprint density at radius 1 is 1.00 bits per heavy atom. The van der Waals surface area contributed by atoms with Gasteiger partial charge in [0.1, 0.15) is 10.9 Å². The molecule has 9 heteroatoms. The molecule has 0 fully saturated rings. The third-order valence-electron chi connectivity index (χ3n) is 5.20. The minimum atomic E-state index is -0.259. The van der Waals surface area contributed by atoms with E-state index < -0.39 is 0 Å². The third kappa shape index (κ3) is 2.16. The Hall–Kier alpha value is -2.81. The van der Waals surface area contributed by atoms with E-state index in [1.54, 1.807) is 14.9 Å². The van der Waals surface area contributed by atoms with Crippen LogP contribution in [-0.2, 0) is 0 Å². The van der Waals surface area contributed by atoms with Crippen molar-refractivity contribution in [3.63, 3.8) is 0 Å². The van der Waals surface area contributed by atoms with Crippen molar-refractivity contribution in [2.45, 2.75) is 13.8 Å². The van der Waals surface area contributed by atoms with E-state index in [-0.39, 0.29) is 16.4 Å². The Bertz CT molecular complexity index is 1790. The van der Waals surface area contributed by atoms with Crippen LogP contribution in [0.2, 0.25) is 5.02 Å². The van der Waals surface area contributed by atoms with Crippen molar-refractivity contribution in [3.05, 3.63) is 62.3 Å². The lowest BCUT2D eigenvalue weighted by atomic mass is 10.1. The molecule has 0 aliphatic carbocycles. The molecule has 0 amide bonds. The highest BCUT2D eigenvalue weighted by atomic mass is 35.5. The minimum absolute atomic E-state index is 0.0927. The maximum atomic E-state index is 13.5. The molecule has 0 aliphatic rings. The van der Waals surface area contributed by atoms with E-state index in [9.17, 15) is 4.79 Å². The highest BCUT2D eigenvalue weighted by Gasteiger charge is 2.19. The molecular formula is C20H12ClN5OS2. The molecule has 0 saturated heterocycles. The van der Waals surface area contributed by atoms with Gasteiger partial charge in [-0.2, -0.15) is 9.97 Å². The summed E-state index contributed by atoms with van der Waals surface area (Å²) < 4.78 is 5.27. The first-order valence-electron chi connectivity index (χ1n) is 8.84. The number of hydrogen-bond donors (Lipinski definition) is 1. The Labute approximate surface area is 175 Å². The molecule has 142 valence electrons. The van der Waals surface area contributed by atoms with Gasteiger partial charge in [0.2, 0.25) is 0 Å². The second-order valence-electron chi connectivity index (χ2n) is 7.01. The number of aryl methyl sites for hydroxylation is 2. The first-order valence-corrected chi connectivity index (χ1v) is 10.9. The minimum Gasteiger partial charge on any atom is -0.283 e. The fourth-order valence-corrected chi connectivity index (χ4v) is 6.26. The fourth-order valence-electron chi connectivity index (χ4n) is 3.81. The lowest BCUT2D eigenvalue weighted by molar-refractivity contribution is 1.03. The van der Waals surface area contributed by atoms with E-state index in [2.05, 4.69) is 16.0 Å². The van der Waals surface area contributed by atoms with Gasteiger partial charge in [-0.3, -0.25) is 14.6 Å². The fraction of sp³-hybridized carbons (Fsp3) is 0.100. The quantitative estimate of drug-likeness (QED) is 0.375. The maximum absolute atomic E-state index is 13.5. The number of nitrogens with zero attached hydrogens (tertiary/aromatic N) is 4. The molecule has 1 N–H and O–H groups in total. The van der Waals surface area contributed by atoms with Crippen LogP contribution in [0.1, 0.15) is 11.1 Å². The Kier molecular flexibility index (Phi) is 3.31. The number of nitrogens with one attached hydrogen (secondary N) is 1. The molecule has 0 saturated carbocycles. The number of benzene rings is 2. The molecule has 4 heterocycles. The first kappa shape index (κ1) is 17.1. The van der Waals surface area contributed by atoms with Crippen LogP contribution in [0.4, 0.5) is 0 Å². The van der Waals surface area contributed by atoms with Crippen LogP contribution < -0.4 is 11.0 Å². The summed E-state index contributed by atoms with van der Waals surface area (Å²) >= 11 is 9.03. The summed E-state index contributed by atoms with van der Waals surface area (Å²) in [7, 11) is 0. The Balaban J connectivity index is 1.90. The maximum Gasteiger partial charge on any atom is 0.272 e. The largest absolute Gasteiger partial charge is 0.283 e. The monoisotopic (exact) mass is 437 g/mol. The third-order valence-corrected chi connectivity index (χ3v) is 7.61. The van der Waals surface area contributed by atoms with Gasteiger partial charge >= 0.3 is 0 Å². The van der Waals surface area contributed by atoms with Crippen molar-refractivity contribution in [1.29, 1.82) is 5.41 Å². The van der Waals surface area contributed by atoms with E-state index in [4.69, 9.17) is 17.0 Å². The number of rotatable bonds is 0. The summed E-state index contributed by atoms with van der Waals surface area (Å²) in [5, 5.41) is 9.64. The molecule has 0 radical (unpaired) electrons. The summed E-state index contributed by atoms with van der Waals surface area (Å²) in [6.45, 7) is 4.01. The van der Waals surface area contributed by atoms with E-state index in [0.717, 1.165) is 31.6 Å². The molecule has 0 spiro atoms. The topological polar surface area (TPSA) is 75.5 Å². The number of thiazole rings is 2. The molecule has 2 aromatic carbocycles. The normalized spacial score (nSPS) is 12.2. The second-order valence-corrected chi connectivity index (χ2v) is 9.43. The van der Waals surface area contributed by atoms with E-state index in [1.807, 2.05) is 32.0 Å². The highest BCUT2D eigenvalue weighted by molar-refractivity contribution is 7.24. The zero-order valence-corrected chi connectivity index (χ0v) is 17.7. The predicted molar refractivity (Wildman–Crippen MR) is 119 cm³/mol. The average Bonchev–Trinajstić information content (AvgIpc) is 3.23. The molecule has 0 aliphatic heterocycles. The second kappa shape index (κ2) is 5.63. The van der Waals surface area contributed by atoms with Gasteiger partial charge < -0.3 is 0 Å². The molecule has 0 unspecified atom stereocenters. The molecule has 4 aromatic heterocycles. The molecule has 6 aromatic rings. The van der Waals surface area contributed by atoms with Crippen molar-refractivity contribution >= 4 is 75.7 Å². The molecule has 0 bridgehead atoms. The standard InChI is InChI=1S/C20H12ClN5OS2/c1-8-3-4-9(2)15-14(8)26-18(27)13-16(22)25-11-6-5-10(21)7-12(11)28-19(25)23-17(13)24-20(26)29-15/h3-7,22H,1-2H3. The van der Waals surface area contributed by atoms with Crippen molar-refractivity contribution < 1.29 is 0 Å². The van der Waals surface area contributed by atoms with E-state index >= 15 is 0 Å². The van der Waals surface area contributed by atoms with Crippen molar-refractivity contribution in [2.24, 2.45) is 0 Å². The van der Waals surface area contributed by atoms with Crippen molar-refractivity contribution in [3.8, 4) is 0 Å². The summed E-state index contributed by atoms with van der Waals surface area (Å²) in [5.74, 6) is 0. The van der Waals surface area contributed by atoms with Crippen LogP contribution in [-0.4, -0.2) is 18.8 Å². The lowest BCUT2D eigenvalue weighted by Crippen LogP contribution is -2.25. The average molecular weight is 438 g/mol. The van der Waals surface area contributed by atoms with Crippen molar-refractivity contribution in [1.82, 2.24) is 18.8 Å². The number of halogens is 1. The molecule has 29 heavy (non-hydrogen) atoms. The van der Waals surface area contributed by atoms with Gasteiger partial charge in [0, 0.05) is 5.02 Å². The van der Waals surface area contributed by atoms with Crippen LogP contribution in [0.3, 0.4) is 0 Å². The Morgan fingerprint density at radius 2 is 1.72 bits per heavy atom. The molecule has 0 atom stereocenters. The predicted octanol–water partition coefficient (Wildman–Crippen LogP) is 4.67. The summed E-state index contributed by atoms with van der Waals surface area (Å²) in [6, 6.07) is 9.53. The summed E-state index contributed by atoms with van der Waals surface area (Å²) in [5.41, 5.74) is 3.90. The van der Waals surface area contributed by atoms with Gasteiger partial charge in [0.15, 0.2) is 15.6 Å². The van der Waals surface area contributed by atoms with Crippen LogP contribution in [0.5, 0.6) is 0 Å². The van der Waals surface area contributed by atoms with Gasteiger partial charge in [-0.15, -0.1) is 0 Å². The van der Waals surface area contributed by atoms with Gasteiger partial charge in [-0.05, 0) is 43.2 Å². The van der Waals surface area contributed by atoms with Gasteiger partial charge in [0.05, 0.1) is 20.4 Å². The summed E-state index contributed by atoms with van der Waals surface area (Å²) in [6.07, 6.45) is 0. The Morgan fingerprint density at radius 3 is 2.52 bits per heavy atom. The lowest BCUT2D eigenvalue weighted by Gasteiger charge is -2.03.